The largest absolute Gasteiger partial charge is 0.290 e. The normalized spacial score (nSPS) is 14.5. The molecule has 0 unspecified atom stereocenters. The Labute approximate surface area is 154 Å². The molecule has 0 radical (unpaired) electrons. The van der Waals surface area contributed by atoms with Crippen molar-refractivity contribution < 1.29 is 9.59 Å². The highest BCUT2D eigenvalue weighted by atomic mass is 16.1. The first-order chi connectivity index (χ1) is 12.2. The fourth-order valence-electron chi connectivity index (χ4n) is 3.15. The SMILES string of the molecule is CCCCCCCCCCCC/C=C\CCCC1=CC(=O)C=CC1=O. The van der Waals surface area contributed by atoms with Crippen LogP contribution in [-0.4, -0.2) is 11.6 Å². The van der Waals surface area contributed by atoms with Crippen LogP contribution in [0.4, 0.5) is 0 Å². The standard InChI is InChI=1S/C23H36O2/c1-2-3-4-5-6-7-8-9-10-11-12-13-14-15-16-17-21-20-22(24)18-19-23(21)25/h13-14,18-20H,2-12,15-17H2,1H3/b14-13-. The summed E-state index contributed by atoms with van der Waals surface area (Å²) in [5, 5.41) is 0. The number of hydrogen-bond acceptors (Lipinski definition) is 2. The fourth-order valence-corrected chi connectivity index (χ4v) is 3.15. The van der Waals surface area contributed by atoms with Crippen LogP contribution in [0.5, 0.6) is 0 Å². The molecule has 0 fully saturated rings. The van der Waals surface area contributed by atoms with E-state index >= 15 is 0 Å². The van der Waals surface area contributed by atoms with Gasteiger partial charge in [-0.1, -0.05) is 76.9 Å². The number of carbonyl (C=O) groups excluding carboxylic acids is 2. The monoisotopic (exact) mass is 344 g/mol. The van der Waals surface area contributed by atoms with Crippen LogP contribution in [0.3, 0.4) is 0 Å². The van der Waals surface area contributed by atoms with Gasteiger partial charge in [0.15, 0.2) is 11.6 Å². The van der Waals surface area contributed by atoms with Crippen LogP contribution in [0.15, 0.2) is 36.0 Å². The van der Waals surface area contributed by atoms with Crippen LogP contribution in [-0.2, 0) is 9.59 Å². The summed E-state index contributed by atoms with van der Waals surface area (Å²) >= 11 is 0. The molecule has 0 spiro atoms. The third-order valence-electron chi connectivity index (χ3n) is 4.74. The molecule has 1 aliphatic carbocycles. The second kappa shape index (κ2) is 14.9. The number of unbranched alkanes of at least 4 members (excludes halogenated alkanes) is 11. The summed E-state index contributed by atoms with van der Waals surface area (Å²) < 4.78 is 0. The summed E-state index contributed by atoms with van der Waals surface area (Å²) in [5.74, 6) is -0.0694. The highest BCUT2D eigenvalue weighted by molar-refractivity contribution is 6.17. The zero-order chi connectivity index (χ0) is 18.2. The fraction of sp³-hybridized carbons (Fsp3) is 0.652. The minimum absolute atomic E-state index is 0.00561. The summed E-state index contributed by atoms with van der Waals surface area (Å²) in [6.07, 6.45) is 26.3. The van der Waals surface area contributed by atoms with E-state index in [2.05, 4.69) is 19.1 Å². The highest BCUT2D eigenvalue weighted by Crippen LogP contribution is 2.14. The minimum Gasteiger partial charge on any atom is -0.290 e. The maximum atomic E-state index is 11.6. The molecule has 0 saturated carbocycles. The Hall–Kier alpha value is -1.44. The Balaban J connectivity index is 1.87. The van der Waals surface area contributed by atoms with Crippen molar-refractivity contribution >= 4 is 11.6 Å². The van der Waals surface area contributed by atoms with Gasteiger partial charge in [-0.3, -0.25) is 9.59 Å². The number of allylic oxidation sites excluding steroid dienone is 6. The minimum atomic E-state index is -0.0638. The van der Waals surface area contributed by atoms with Gasteiger partial charge < -0.3 is 0 Å². The van der Waals surface area contributed by atoms with E-state index < -0.39 is 0 Å². The number of hydrogen-bond donors (Lipinski definition) is 0. The van der Waals surface area contributed by atoms with Gasteiger partial charge in [0.05, 0.1) is 0 Å². The third-order valence-corrected chi connectivity index (χ3v) is 4.74. The number of rotatable bonds is 15. The van der Waals surface area contributed by atoms with E-state index in [1.165, 1.54) is 88.9 Å². The first-order valence-electron chi connectivity index (χ1n) is 10.4. The smallest absolute Gasteiger partial charge is 0.182 e. The van der Waals surface area contributed by atoms with E-state index in [0.717, 1.165) is 12.8 Å². The van der Waals surface area contributed by atoms with Crippen LogP contribution in [0.2, 0.25) is 0 Å². The number of carbonyl (C=O) groups is 2. The van der Waals surface area contributed by atoms with Gasteiger partial charge in [-0.2, -0.15) is 0 Å². The van der Waals surface area contributed by atoms with E-state index in [-0.39, 0.29) is 11.6 Å². The van der Waals surface area contributed by atoms with E-state index in [0.29, 0.717) is 12.0 Å². The van der Waals surface area contributed by atoms with Crippen molar-refractivity contribution in [1.29, 1.82) is 0 Å². The predicted molar refractivity (Wildman–Crippen MR) is 107 cm³/mol. The third kappa shape index (κ3) is 11.7. The lowest BCUT2D eigenvalue weighted by atomic mass is 9.98. The van der Waals surface area contributed by atoms with Crippen molar-refractivity contribution in [2.45, 2.75) is 96.8 Å². The zero-order valence-corrected chi connectivity index (χ0v) is 16.1. The highest BCUT2D eigenvalue weighted by Gasteiger charge is 2.11. The Morgan fingerprint density at radius 3 is 1.92 bits per heavy atom. The summed E-state index contributed by atoms with van der Waals surface area (Å²) in [6.45, 7) is 2.27. The van der Waals surface area contributed by atoms with E-state index in [1.54, 1.807) is 0 Å². The molecule has 0 aliphatic heterocycles. The molecule has 0 bridgehead atoms. The van der Waals surface area contributed by atoms with Crippen LogP contribution < -0.4 is 0 Å². The van der Waals surface area contributed by atoms with Crippen molar-refractivity contribution in [3.05, 3.63) is 36.0 Å². The Bertz CT molecular complexity index is 468. The molecule has 0 aromatic heterocycles. The summed E-state index contributed by atoms with van der Waals surface area (Å²) in [4.78, 5) is 22.8. The molecule has 1 rings (SSSR count). The molecule has 2 heteroatoms. The molecular formula is C23H36O2. The summed E-state index contributed by atoms with van der Waals surface area (Å²) in [7, 11) is 0. The molecular weight excluding hydrogens is 308 g/mol. The molecule has 0 amide bonds. The molecule has 0 aromatic rings. The van der Waals surface area contributed by atoms with Crippen LogP contribution >= 0.6 is 0 Å². The molecule has 2 nitrogen and oxygen atoms in total. The summed E-state index contributed by atoms with van der Waals surface area (Å²) in [6, 6.07) is 0. The average Bonchev–Trinajstić information content (AvgIpc) is 2.61. The van der Waals surface area contributed by atoms with Crippen molar-refractivity contribution in [2.75, 3.05) is 0 Å². The Morgan fingerprint density at radius 1 is 0.720 bits per heavy atom. The van der Waals surface area contributed by atoms with Gasteiger partial charge in [0.2, 0.25) is 0 Å². The topological polar surface area (TPSA) is 34.1 Å². The van der Waals surface area contributed by atoms with Gasteiger partial charge in [0.25, 0.3) is 0 Å². The molecule has 1 aliphatic rings. The van der Waals surface area contributed by atoms with Crippen molar-refractivity contribution in [2.24, 2.45) is 0 Å². The maximum absolute atomic E-state index is 11.6. The molecule has 0 N–H and O–H groups in total. The lowest BCUT2D eigenvalue weighted by Crippen LogP contribution is -2.07. The zero-order valence-electron chi connectivity index (χ0n) is 16.1. The second-order valence-corrected chi connectivity index (χ2v) is 7.10. The Kier molecular flexibility index (Phi) is 12.8. The van der Waals surface area contributed by atoms with E-state index in [1.807, 2.05) is 0 Å². The van der Waals surface area contributed by atoms with E-state index in [4.69, 9.17) is 0 Å². The van der Waals surface area contributed by atoms with Crippen LogP contribution in [0.25, 0.3) is 0 Å². The van der Waals surface area contributed by atoms with E-state index in [9.17, 15) is 9.59 Å². The van der Waals surface area contributed by atoms with Crippen LogP contribution in [0.1, 0.15) is 96.8 Å². The number of ketones is 2. The maximum Gasteiger partial charge on any atom is 0.182 e. The molecule has 0 aromatic carbocycles. The van der Waals surface area contributed by atoms with Gasteiger partial charge >= 0.3 is 0 Å². The Morgan fingerprint density at radius 2 is 1.28 bits per heavy atom. The first-order valence-corrected chi connectivity index (χ1v) is 10.4. The molecule has 140 valence electrons. The summed E-state index contributed by atoms with van der Waals surface area (Å²) in [5.41, 5.74) is 0.663. The van der Waals surface area contributed by atoms with Crippen LogP contribution in [0, 0.1) is 0 Å². The van der Waals surface area contributed by atoms with Crippen molar-refractivity contribution in [3.63, 3.8) is 0 Å². The average molecular weight is 345 g/mol. The molecule has 25 heavy (non-hydrogen) atoms. The van der Waals surface area contributed by atoms with Gasteiger partial charge in [-0.05, 0) is 50.3 Å². The van der Waals surface area contributed by atoms with Crippen molar-refractivity contribution in [3.8, 4) is 0 Å². The quantitative estimate of drug-likeness (QED) is 0.189. The molecule has 0 saturated heterocycles. The van der Waals surface area contributed by atoms with Gasteiger partial charge in [-0.25, -0.2) is 0 Å². The van der Waals surface area contributed by atoms with Gasteiger partial charge in [0.1, 0.15) is 0 Å². The lowest BCUT2D eigenvalue weighted by Gasteiger charge is -2.05. The predicted octanol–water partition coefficient (Wildman–Crippen LogP) is 6.66. The van der Waals surface area contributed by atoms with Gasteiger partial charge in [0, 0.05) is 5.57 Å². The van der Waals surface area contributed by atoms with Crippen molar-refractivity contribution in [1.82, 2.24) is 0 Å². The lowest BCUT2D eigenvalue weighted by molar-refractivity contribution is -0.114. The first kappa shape index (κ1) is 21.6. The molecule has 0 heterocycles. The second-order valence-electron chi connectivity index (χ2n) is 7.10. The van der Waals surface area contributed by atoms with Gasteiger partial charge in [-0.15, -0.1) is 0 Å². The molecule has 0 atom stereocenters.